The molecular formula is C38H43N3O7. The van der Waals surface area contributed by atoms with E-state index in [0.29, 0.717) is 0 Å². The van der Waals surface area contributed by atoms with Crippen molar-refractivity contribution < 1.29 is 33.8 Å². The van der Waals surface area contributed by atoms with Crippen LogP contribution < -0.4 is 10.6 Å². The number of carbonyl (C=O) groups excluding carboxylic acids is 4. The molecule has 0 aliphatic heterocycles. The summed E-state index contributed by atoms with van der Waals surface area (Å²) in [6.07, 6.45) is 0.112. The zero-order chi connectivity index (χ0) is 34.7. The van der Waals surface area contributed by atoms with Gasteiger partial charge in [-0.2, -0.15) is 0 Å². The molecule has 0 saturated heterocycles. The third-order valence-corrected chi connectivity index (χ3v) is 7.57. The number of nitrogens with one attached hydrogen (secondary N) is 2. The maximum absolute atomic E-state index is 13.8. The number of esters is 2. The molecule has 0 fully saturated rings. The molecule has 48 heavy (non-hydrogen) atoms. The van der Waals surface area contributed by atoms with Crippen LogP contribution in [0.5, 0.6) is 0 Å². The Bertz CT molecular complexity index is 1710. The molecular weight excluding hydrogens is 610 g/mol. The van der Waals surface area contributed by atoms with Crippen molar-refractivity contribution in [2.75, 3.05) is 19.7 Å². The van der Waals surface area contributed by atoms with Crippen molar-refractivity contribution in [3.8, 4) is 11.1 Å². The van der Waals surface area contributed by atoms with Crippen molar-refractivity contribution >= 4 is 34.6 Å². The van der Waals surface area contributed by atoms with Gasteiger partial charge >= 0.3 is 18.0 Å². The van der Waals surface area contributed by atoms with E-state index in [1.165, 1.54) is 4.90 Å². The van der Waals surface area contributed by atoms with Gasteiger partial charge in [-0.25, -0.2) is 14.4 Å². The van der Waals surface area contributed by atoms with E-state index in [9.17, 15) is 24.3 Å². The van der Waals surface area contributed by atoms with Crippen LogP contribution >= 0.6 is 0 Å². The zero-order valence-corrected chi connectivity index (χ0v) is 27.8. The maximum Gasteiger partial charge on any atom is 0.361 e. The summed E-state index contributed by atoms with van der Waals surface area (Å²) < 4.78 is 10.6. The molecule has 0 aliphatic rings. The fraction of sp³-hybridized carbons (Fsp3) is 0.316. The van der Waals surface area contributed by atoms with E-state index >= 15 is 0 Å². The minimum atomic E-state index is -2.50. The van der Waals surface area contributed by atoms with Gasteiger partial charge in [0.25, 0.3) is 5.72 Å². The number of hydrogen-bond acceptors (Lipinski definition) is 7. The first kappa shape index (κ1) is 35.6. The minimum absolute atomic E-state index is 0.00773. The number of benzene rings is 4. The van der Waals surface area contributed by atoms with E-state index in [4.69, 9.17) is 9.47 Å². The molecule has 1 unspecified atom stereocenters. The number of nitrogens with zero attached hydrogens (tertiary/aromatic N) is 1. The number of urea groups is 1. The summed E-state index contributed by atoms with van der Waals surface area (Å²) in [6, 6.07) is 29.5. The van der Waals surface area contributed by atoms with Crippen molar-refractivity contribution in [2.45, 2.75) is 52.5 Å². The molecule has 3 N–H and O–H groups in total. The molecule has 0 spiro atoms. The van der Waals surface area contributed by atoms with Crippen molar-refractivity contribution in [1.82, 2.24) is 15.5 Å². The van der Waals surface area contributed by atoms with Crippen LogP contribution in [0, 0.1) is 5.92 Å². The first-order valence-electron chi connectivity index (χ1n) is 16.0. The topological polar surface area (TPSA) is 134 Å². The minimum Gasteiger partial charge on any atom is -0.462 e. The molecule has 0 radical (unpaired) electrons. The Morgan fingerprint density at radius 3 is 2.10 bits per heavy atom. The van der Waals surface area contributed by atoms with Gasteiger partial charge in [0.15, 0.2) is 0 Å². The predicted molar refractivity (Wildman–Crippen MR) is 183 cm³/mol. The van der Waals surface area contributed by atoms with Gasteiger partial charge in [0, 0.05) is 19.9 Å². The van der Waals surface area contributed by atoms with Crippen molar-refractivity contribution in [1.29, 1.82) is 0 Å². The monoisotopic (exact) mass is 653 g/mol. The Morgan fingerprint density at radius 2 is 1.46 bits per heavy atom. The van der Waals surface area contributed by atoms with Crippen LogP contribution in [-0.4, -0.2) is 65.3 Å². The lowest BCUT2D eigenvalue weighted by Gasteiger charge is -2.34. The van der Waals surface area contributed by atoms with E-state index in [0.717, 1.165) is 39.9 Å². The summed E-state index contributed by atoms with van der Waals surface area (Å²) in [6.45, 7) is 5.85. The van der Waals surface area contributed by atoms with Crippen molar-refractivity contribution in [3.05, 3.63) is 108 Å². The van der Waals surface area contributed by atoms with E-state index in [2.05, 4.69) is 41.0 Å². The van der Waals surface area contributed by atoms with Crippen LogP contribution in [0.25, 0.3) is 21.9 Å². The van der Waals surface area contributed by atoms with Gasteiger partial charge in [-0.15, -0.1) is 0 Å². The molecule has 0 bridgehead atoms. The Kier molecular flexibility index (Phi) is 12.3. The lowest BCUT2D eigenvalue weighted by molar-refractivity contribution is -0.172. The Morgan fingerprint density at radius 1 is 0.812 bits per heavy atom. The van der Waals surface area contributed by atoms with Gasteiger partial charge in [-0.3, -0.25) is 4.79 Å². The normalized spacial score (nSPS) is 12.9. The maximum atomic E-state index is 13.8. The number of fused-ring (bicyclic) bond motifs is 1. The van der Waals surface area contributed by atoms with Gasteiger partial charge in [0.1, 0.15) is 12.6 Å². The second kappa shape index (κ2) is 16.6. The summed E-state index contributed by atoms with van der Waals surface area (Å²) in [7, 11) is 0. The number of carbonyl (C=O) groups is 4. The Balaban J connectivity index is 1.57. The molecule has 252 valence electrons. The molecule has 10 nitrogen and oxygen atoms in total. The van der Waals surface area contributed by atoms with Gasteiger partial charge in [-0.05, 0) is 51.9 Å². The average Bonchev–Trinajstić information content (AvgIpc) is 3.06. The third-order valence-electron chi connectivity index (χ3n) is 7.57. The van der Waals surface area contributed by atoms with Crippen molar-refractivity contribution in [3.63, 3.8) is 0 Å². The second-order valence-corrected chi connectivity index (χ2v) is 12.1. The molecule has 3 amide bonds. The highest BCUT2D eigenvalue weighted by molar-refractivity contribution is 5.88. The van der Waals surface area contributed by atoms with E-state index in [-0.39, 0.29) is 32.1 Å². The average molecular weight is 654 g/mol. The highest BCUT2D eigenvalue weighted by Crippen LogP contribution is 2.25. The predicted octanol–water partition coefficient (Wildman–Crippen LogP) is 5.22. The van der Waals surface area contributed by atoms with Crippen LogP contribution in [0.2, 0.25) is 0 Å². The quantitative estimate of drug-likeness (QED) is 0.126. The molecule has 4 aromatic carbocycles. The highest BCUT2D eigenvalue weighted by Gasteiger charge is 2.42. The molecule has 0 aromatic heterocycles. The SMILES string of the molecule is CCOC(=O)C(O)(CN(CC(C)C)C(=O)N[C@@H](Cc1ccc(-c2ccc3ccccc3c2)cc1)C(=O)OCc1ccccc1)NC(C)=O. The van der Waals surface area contributed by atoms with Gasteiger partial charge in [-0.1, -0.05) is 105 Å². The molecule has 0 saturated carbocycles. The van der Waals surface area contributed by atoms with Crippen LogP contribution in [0.4, 0.5) is 4.79 Å². The number of rotatable bonds is 14. The fourth-order valence-electron chi connectivity index (χ4n) is 5.33. The van der Waals surface area contributed by atoms with Crippen LogP contribution in [0.1, 0.15) is 38.8 Å². The van der Waals surface area contributed by atoms with Gasteiger partial charge < -0.3 is 30.1 Å². The van der Waals surface area contributed by atoms with Crippen LogP contribution in [0.15, 0.2) is 97.1 Å². The standard InChI is InChI=1S/C38H43N3O7/c1-5-47-36(44)38(46,40-27(4)42)25-41(23-26(2)3)37(45)39-34(35(43)48-24-29-11-7-6-8-12-29)21-28-15-17-31(18-16-28)33-20-19-30-13-9-10-14-32(30)22-33/h6-20,22,26,34,46H,5,21,23-25H2,1-4H3,(H,39,45)(H,40,42)/t34-,38?/m0/s1. The Hall–Kier alpha value is -5.22. The Labute approximate surface area is 281 Å². The van der Waals surface area contributed by atoms with E-state index in [1.807, 2.05) is 80.6 Å². The summed E-state index contributed by atoms with van der Waals surface area (Å²) in [5.41, 5.74) is 1.10. The van der Waals surface area contributed by atoms with Gasteiger partial charge in [0.2, 0.25) is 5.91 Å². The number of amides is 3. The largest absolute Gasteiger partial charge is 0.462 e. The smallest absolute Gasteiger partial charge is 0.361 e. The molecule has 0 heterocycles. The fourth-order valence-corrected chi connectivity index (χ4v) is 5.33. The molecule has 10 heteroatoms. The lowest BCUT2D eigenvalue weighted by Crippen LogP contribution is -2.63. The third kappa shape index (κ3) is 9.89. The summed E-state index contributed by atoms with van der Waals surface area (Å²) in [5.74, 6) is -2.54. The van der Waals surface area contributed by atoms with Crippen LogP contribution in [-0.2, 0) is 36.9 Å². The molecule has 0 aliphatic carbocycles. The first-order valence-corrected chi connectivity index (χ1v) is 16.0. The number of hydrogen-bond donors (Lipinski definition) is 3. The van der Waals surface area contributed by atoms with Crippen LogP contribution in [0.3, 0.4) is 0 Å². The van der Waals surface area contributed by atoms with Gasteiger partial charge in [0.05, 0.1) is 13.2 Å². The first-order chi connectivity index (χ1) is 23.0. The second-order valence-electron chi connectivity index (χ2n) is 12.1. The summed E-state index contributed by atoms with van der Waals surface area (Å²) in [5, 5.41) is 18.4. The lowest BCUT2D eigenvalue weighted by atomic mass is 9.98. The highest BCUT2D eigenvalue weighted by atomic mass is 16.6. The summed E-state index contributed by atoms with van der Waals surface area (Å²) >= 11 is 0. The molecule has 4 aromatic rings. The summed E-state index contributed by atoms with van der Waals surface area (Å²) in [4.78, 5) is 53.1. The van der Waals surface area contributed by atoms with E-state index in [1.54, 1.807) is 6.92 Å². The number of aliphatic hydroxyl groups is 1. The molecule has 4 rings (SSSR count). The van der Waals surface area contributed by atoms with Crippen molar-refractivity contribution in [2.24, 2.45) is 5.92 Å². The number of ether oxygens (including phenoxy) is 2. The zero-order valence-electron chi connectivity index (χ0n) is 27.8. The molecule has 2 atom stereocenters. The van der Waals surface area contributed by atoms with E-state index < -0.39 is 42.2 Å².